The van der Waals surface area contributed by atoms with Gasteiger partial charge in [-0.15, -0.1) is 0 Å². The van der Waals surface area contributed by atoms with Crippen molar-refractivity contribution in [3.05, 3.63) is 36.0 Å². The van der Waals surface area contributed by atoms with Crippen molar-refractivity contribution in [3.8, 4) is 5.88 Å². The van der Waals surface area contributed by atoms with Crippen LogP contribution in [-0.4, -0.2) is 36.5 Å². The highest BCUT2D eigenvalue weighted by Gasteiger charge is 2.18. The SMILES string of the molecule is OC/C=C/COc1cc(C2OCCO2)ccn1. The van der Waals surface area contributed by atoms with Crippen molar-refractivity contribution in [2.24, 2.45) is 0 Å². The molecule has 1 fully saturated rings. The van der Waals surface area contributed by atoms with Crippen molar-refractivity contribution in [1.82, 2.24) is 4.98 Å². The lowest BCUT2D eigenvalue weighted by molar-refractivity contribution is -0.0443. The zero-order valence-corrected chi connectivity index (χ0v) is 9.41. The van der Waals surface area contributed by atoms with Crippen molar-refractivity contribution in [2.45, 2.75) is 6.29 Å². The number of rotatable bonds is 5. The van der Waals surface area contributed by atoms with Crippen LogP contribution in [0, 0.1) is 0 Å². The standard InChI is InChI=1S/C12H15NO4/c14-5-1-2-6-15-11-9-10(3-4-13-11)12-16-7-8-17-12/h1-4,9,12,14H,5-8H2/b2-1+. The van der Waals surface area contributed by atoms with E-state index in [2.05, 4.69) is 4.98 Å². The molecule has 0 saturated carbocycles. The quantitative estimate of drug-likeness (QED) is 0.776. The number of pyridine rings is 1. The van der Waals surface area contributed by atoms with Gasteiger partial charge in [0.15, 0.2) is 6.29 Å². The van der Waals surface area contributed by atoms with E-state index in [1.54, 1.807) is 24.4 Å². The molecule has 1 aromatic rings. The molecule has 92 valence electrons. The number of aliphatic hydroxyl groups excluding tert-OH is 1. The van der Waals surface area contributed by atoms with Crippen LogP contribution in [0.5, 0.6) is 5.88 Å². The summed E-state index contributed by atoms with van der Waals surface area (Å²) in [5, 5.41) is 8.56. The van der Waals surface area contributed by atoms with E-state index in [-0.39, 0.29) is 12.9 Å². The smallest absolute Gasteiger partial charge is 0.213 e. The van der Waals surface area contributed by atoms with E-state index >= 15 is 0 Å². The normalized spacial score (nSPS) is 16.8. The van der Waals surface area contributed by atoms with Gasteiger partial charge in [0.1, 0.15) is 6.61 Å². The molecule has 5 heteroatoms. The molecule has 0 atom stereocenters. The van der Waals surface area contributed by atoms with Crippen LogP contribution in [0.25, 0.3) is 0 Å². The molecular weight excluding hydrogens is 222 g/mol. The molecule has 0 radical (unpaired) electrons. The fraction of sp³-hybridized carbons (Fsp3) is 0.417. The fourth-order valence-electron chi connectivity index (χ4n) is 1.48. The first kappa shape index (κ1) is 12.0. The summed E-state index contributed by atoms with van der Waals surface area (Å²) in [4.78, 5) is 4.08. The number of ether oxygens (including phenoxy) is 3. The molecule has 0 unspecified atom stereocenters. The first-order valence-corrected chi connectivity index (χ1v) is 5.48. The topological polar surface area (TPSA) is 60.8 Å². The highest BCUT2D eigenvalue weighted by molar-refractivity contribution is 5.22. The summed E-state index contributed by atoms with van der Waals surface area (Å²) in [6.45, 7) is 1.62. The number of hydrogen-bond donors (Lipinski definition) is 1. The van der Waals surface area contributed by atoms with E-state index in [9.17, 15) is 0 Å². The van der Waals surface area contributed by atoms with Crippen molar-refractivity contribution < 1.29 is 19.3 Å². The zero-order chi connectivity index (χ0) is 11.9. The van der Waals surface area contributed by atoms with E-state index < -0.39 is 0 Å². The average molecular weight is 237 g/mol. The highest BCUT2D eigenvalue weighted by Crippen LogP contribution is 2.24. The van der Waals surface area contributed by atoms with Gasteiger partial charge in [0.2, 0.25) is 5.88 Å². The molecule has 0 aromatic carbocycles. The van der Waals surface area contributed by atoms with Gasteiger partial charge in [0.05, 0.1) is 19.8 Å². The van der Waals surface area contributed by atoms with Gasteiger partial charge in [0.25, 0.3) is 0 Å². The number of aliphatic hydroxyl groups is 1. The number of aromatic nitrogens is 1. The van der Waals surface area contributed by atoms with Crippen LogP contribution in [0.1, 0.15) is 11.9 Å². The molecule has 2 rings (SSSR count). The van der Waals surface area contributed by atoms with Crippen LogP contribution in [-0.2, 0) is 9.47 Å². The maximum atomic E-state index is 8.56. The van der Waals surface area contributed by atoms with Crippen LogP contribution in [0.4, 0.5) is 0 Å². The van der Waals surface area contributed by atoms with Gasteiger partial charge in [-0.2, -0.15) is 0 Å². The van der Waals surface area contributed by atoms with Gasteiger partial charge < -0.3 is 19.3 Å². The molecule has 1 aromatic heterocycles. The second-order valence-electron chi connectivity index (χ2n) is 3.47. The third kappa shape index (κ3) is 3.52. The van der Waals surface area contributed by atoms with Crippen molar-refractivity contribution in [3.63, 3.8) is 0 Å². The van der Waals surface area contributed by atoms with E-state index in [4.69, 9.17) is 19.3 Å². The van der Waals surface area contributed by atoms with Gasteiger partial charge in [-0.05, 0) is 12.1 Å². The van der Waals surface area contributed by atoms with E-state index in [1.807, 2.05) is 6.07 Å². The van der Waals surface area contributed by atoms with Gasteiger partial charge >= 0.3 is 0 Å². The first-order chi connectivity index (χ1) is 8.40. The Balaban J connectivity index is 1.93. The minimum Gasteiger partial charge on any atom is -0.473 e. The Labute approximate surface area is 99.6 Å². The summed E-state index contributed by atoms with van der Waals surface area (Å²) < 4.78 is 16.2. The van der Waals surface area contributed by atoms with Crippen LogP contribution >= 0.6 is 0 Å². The van der Waals surface area contributed by atoms with Crippen LogP contribution in [0.3, 0.4) is 0 Å². The molecule has 1 aliphatic rings. The lowest BCUT2D eigenvalue weighted by atomic mass is 10.2. The van der Waals surface area contributed by atoms with Crippen molar-refractivity contribution in [1.29, 1.82) is 0 Å². The monoisotopic (exact) mass is 237 g/mol. The fourth-order valence-corrected chi connectivity index (χ4v) is 1.48. The molecule has 1 N–H and O–H groups in total. The lowest BCUT2D eigenvalue weighted by Gasteiger charge is -2.10. The summed E-state index contributed by atoms with van der Waals surface area (Å²) in [6, 6.07) is 3.63. The molecule has 0 aliphatic carbocycles. The molecule has 1 aliphatic heterocycles. The maximum Gasteiger partial charge on any atom is 0.213 e. The van der Waals surface area contributed by atoms with Gasteiger partial charge in [-0.3, -0.25) is 0 Å². The molecule has 0 amide bonds. The third-order valence-electron chi connectivity index (χ3n) is 2.25. The predicted octanol–water partition coefficient (Wildman–Crippen LogP) is 1.05. The van der Waals surface area contributed by atoms with E-state index in [0.717, 1.165) is 5.56 Å². The summed E-state index contributed by atoms with van der Waals surface area (Å²) in [6.07, 6.45) is 4.70. The minimum atomic E-state index is -0.312. The predicted molar refractivity (Wildman–Crippen MR) is 60.6 cm³/mol. The Kier molecular flexibility index (Phi) is 4.49. The molecule has 0 bridgehead atoms. The Morgan fingerprint density at radius 2 is 2.24 bits per heavy atom. The second kappa shape index (κ2) is 6.34. The minimum absolute atomic E-state index is 0.0145. The van der Waals surface area contributed by atoms with Crippen molar-refractivity contribution >= 4 is 0 Å². The van der Waals surface area contributed by atoms with Crippen molar-refractivity contribution in [2.75, 3.05) is 26.4 Å². The van der Waals surface area contributed by atoms with Gasteiger partial charge in [-0.1, -0.05) is 6.08 Å². The Hall–Kier alpha value is -1.43. The molecule has 1 saturated heterocycles. The molecule has 2 heterocycles. The molecule has 0 spiro atoms. The van der Waals surface area contributed by atoms with Crippen LogP contribution in [0.15, 0.2) is 30.5 Å². The molecular formula is C12H15NO4. The summed E-state index contributed by atoms with van der Waals surface area (Å²) in [5.74, 6) is 0.518. The molecule has 17 heavy (non-hydrogen) atoms. The number of nitrogens with zero attached hydrogens (tertiary/aromatic N) is 1. The molecule has 5 nitrogen and oxygen atoms in total. The second-order valence-corrected chi connectivity index (χ2v) is 3.47. The van der Waals surface area contributed by atoms with Gasteiger partial charge in [-0.25, -0.2) is 4.98 Å². The lowest BCUT2D eigenvalue weighted by Crippen LogP contribution is -2.01. The summed E-state index contributed by atoms with van der Waals surface area (Å²) >= 11 is 0. The van der Waals surface area contributed by atoms with E-state index in [0.29, 0.717) is 25.7 Å². The van der Waals surface area contributed by atoms with E-state index in [1.165, 1.54) is 0 Å². The average Bonchev–Trinajstić information content (AvgIpc) is 2.89. The Bertz CT molecular complexity index is 375. The summed E-state index contributed by atoms with van der Waals surface area (Å²) in [5.41, 5.74) is 0.902. The van der Waals surface area contributed by atoms with Crippen LogP contribution in [0.2, 0.25) is 0 Å². The highest BCUT2D eigenvalue weighted by atomic mass is 16.7. The third-order valence-corrected chi connectivity index (χ3v) is 2.25. The van der Waals surface area contributed by atoms with Crippen LogP contribution < -0.4 is 4.74 Å². The Morgan fingerprint density at radius 1 is 1.41 bits per heavy atom. The zero-order valence-electron chi connectivity index (χ0n) is 9.41. The largest absolute Gasteiger partial charge is 0.473 e. The summed E-state index contributed by atoms with van der Waals surface area (Å²) in [7, 11) is 0. The maximum absolute atomic E-state index is 8.56. The number of hydrogen-bond acceptors (Lipinski definition) is 5. The first-order valence-electron chi connectivity index (χ1n) is 5.48. The Morgan fingerprint density at radius 3 is 3.00 bits per heavy atom. The van der Waals surface area contributed by atoms with Gasteiger partial charge in [0, 0.05) is 17.8 Å².